The largest absolute Gasteiger partial charge is 0.465 e. The van der Waals surface area contributed by atoms with Crippen molar-refractivity contribution in [3.8, 4) is 0 Å². The molecule has 8 heteroatoms. The molecule has 1 fully saturated rings. The first-order chi connectivity index (χ1) is 8.10. The fraction of sp³-hybridized carbons (Fsp3) is 0.667. The maximum absolute atomic E-state index is 10.6. The molecule has 1 unspecified atom stereocenters. The van der Waals surface area contributed by atoms with Crippen LogP contribution in [0.3, 0.4) is 0 Å². The van der Waals surface area contributed by atoms with E-state index in [4.69, 9.17) is 10.8 Å². The van der Waals surface area contributed by atoms with Crippen molar-refractivity contribution in [1.29, 1.82) is 0 Å². The number of carboxylic acid groups (broad SMARTS) is 1. The van der Waals surface area contributed by atoms with Gasteiger partial charge in [0.25, 0.3) is 0 Å². The Morgan fingerprint density at radius 1 is 1.65 bits per heavy atom. The quantitative estimate of drug-likeness (QED) is 0.599. The van der Waals surface area contributed by atoms with Crippen molar-refractivity contribution >= 4 is 22.6 Å². The van der Waals surface area contributed by atoms with Crippen LogP contribution >= 0.6 is 11.3 Å². The van der Waals surface area contributed by atoms with Crippen LogP contribution in [0.4, 0.5) is 9.93 Å². The SMILES string of the molecule is Nc1nnc(CC2(CNC(=O)O)CCNC2)s1. The van der Waals surface area contributed by atoms with Gasteiger partial charge in [-0.1, -0.05) is 11.3 Å². The molecule has 0 saturated carbocycles. The van der Waals surface area contributed by atoms with Crippen LogP contribution in [0.1, 0.15) is 11.4 Å². The van der Waals surface area contributed by atoms with Crippen molar-refractivity contribution in [2.75, 3.05) is 25.4 Å². The molecule has 0 aliphatic carbocycles. The molecular formula is C9H15N5O2S. The van der Waals surface area contributed by atoms with E-state index in [2.05, 4.69) is 20.8 Å². The zero-order chi connectivity index (χ0) is 12.3. The second-order valence-electron chi connectivity index (χ2n) is 4.30. The van der Waals surface area contributed by atoms with Crippen molar-refractivity contribution in [2.45, 2.75) is 12.8 Å². The lowest BCUT2D eigenvalue weighted by Crippen LogP contribution is -2.40. The lowest BCUT2D eigenvalue weighted by Gasteiger charge is -2.26. The van der Waals surface area contributed by atoms with E-state index in [0.717, 1.165) is 24.5 Å². The number of rotatable bonds is 4. The third kappa shape index (κ3) is 3.04. The van der Waals surface area contributed by atoms with Gasteiger partial charge in [0.05, 0.1) is 0 Å². The molecule has 0 aromatic carbocycles. The molecule has 1 saturated heterocycles. The van der Waals surface area contributed by atoms with E-state index in [9.17, 15) is 4.79 Å². The smallest absolute Gasteiger partial charge is 0.404 e. The van der Waals surface area contributed by atoms with Gasteiger partial charge in [0.15, 0.2) is 0 Å². The van der Waals surface area contributed by atoms with E-state index in [1.165, 1.54) is 11.3 Å². The predicted octanol–water partition coefficient (Wildman–Crippen LogP) is -0.0899. The fourth-order valence-corrected chi connectivity index (χ4v) is 2.86. The molecular weight excluding hydrogens is 242 g/mol. The molecule has 0 bridgehead atoms. The van der Waals surface area contributed by atoms with E-state index in [0.29, 0.717) is 18.1 Å². The number of nitrogens with two attached hydrogens (primary N) is 1. The van der Waals surface area contributed by atoms with Gasteiger partial charge in [-0.05, 0) is 13.0 Å². The van der Waals surface area contributed by atoms with Crippen LogP contribution in [0.2, 0.25) is 0 Å². The Bertz CT molecular complexity index is 402. The topological polar surface area (TPSA) is 113 Å². The van der Waals surface area contributed by atoms with E-state index in [-0.39, 0.29) is 5.41 Å². The van der Waals surface area contributed by atoms with Crippen LogP contribution in [0, 0.1) is 5.41 Å². The second-order valence-corrected chi connectivity index (χ2v) is 5.39. The van der Waals surface area contributed by atoms with E-state index >= 15 is 0 Å². The first-order valence-electron chi connectivity index (χ1n) is 5.35. The number of aromatic nitrogens is 2. The number of amides is 1. The number of nitrogens with one attached hydrogen (secondary N) is 2. The van der Waals surface area contributed by atoms with Gasteiger partial charge in [-0.25, -0.2) is 4.79 Å². The van der Waals surface area contributed by atoms with Crippen LogP contribution in [0.5, 0.6) is 0 Å². The molecule has 0 spiro atoms. The Hall–Kier alpha value is -1.41. The van der Waals surface area contributed by atoms with Crippen molar-refractivity contribution < 1.29 is 9.90 Å². The number of hydrogen-bond acceptors (Lipinski definition) is 6. The van der Waals surface area contributed by atoms with Crippen molar-refractivity contribution in [3.63, 3.8) is 0 Å². The minimum absolute atomic E-state index is 0.107. The van der Waals surface area contributed by atoms with Crippen LogP contribution in [-0.2, 0) is 6.42 Å². The van der Waals surface area contributed by atoms with E-state index < -0.39 is 6.09 Å². The zero-order valence-corrected chi connectivity index (χ0v) is 10.1. The highest BCUT2D eigenvalue weighted by Crippen LogP contribution is 2.30. The fourth-order valence-electron chi connectivity index (χ4n) is 2.08. The molecule has 5 N–H and O–H groups in total. The predicted molar refractivity (Wildman–Crippen MR) is 64.0 cm³/mol. The molecule has 94 valence electrons. The number of anilines is 1. The number of carbonyl (C=O) groups is 1. The molecule has 1 amide bonds. The molecule has 2 rings (SSSR count). The summed E-state index contributed by atoms with van der Waals surface area (Å²) in [5, 5.41) is 23.5. The minimum Gasteiger partial charge on any atom is -0.465 e. The van der Waals surface area contributed by atoms with Crippen molar-refractivity contribution in [2.24, 2.45) is 5.41 Å². The minimum atomic E-state index is -0.993. The third-order valence-electron chi connectivity index (χ3n) is 2.96. The Morgan fingerprint density at radius 3 is 3.00 bits per heavy atom. The van der Waals surface area contributed by atoms with Crippen molar-refractivity contribution in [3.05, 3.63) is 5.01 Å². The Balaban J connectivity index is 2.03. The normalized spacial score (nSPS) is 23.8. The molecule has 2 heterocycles. The van der Waals surface area contributed by atoms with Gasteiger partial charge in [0.1, 0.15) is 5.01 Å². The summed E-state index contributed by atoms with van der Waals surface area (Å²) in [5.74, 6) is 0. The van der Waals surface area contributed by atoms with Gasteiger partial charge in [0.2, 0.25) is 5.13 Å². The summed E-state index contributed by atoms with van der Waals surface area (Å²) in [6.45, 7) is 2.11. The maximum Gasteiger partial charge on any atom is 0.404 e. The van der Waals surface area contributed by atoms with E-state index in [1.807, 2.05) is 0 Å². The Kier molecular flexibility index (Phi) is 3.43. The molecule has 1 aliphatic heterocycles. The summed E-state index contributed by atoms with van der Waals surface area (Å²) in [4.78, 5) is 10.6. The van der Waals surface area contributed by atoms with Gasteiger partial charge in [-0.15, -0.1) is 10.2 Å². The highest BCUT2D eigenvalue weighted by Gasteiger charge is 2.35. The highest BCUT2D eigenvalue weighted by molar-refractivity contribution is 7.15. The molecule has 1 atom stereocenters. The van der Waals surface area contributed by atoms with Gasteiger partial charge in [-0.3, -0.25) is 0 Å². The Labute approximate surface area is 102 Å². The standard InChI is InChI=1S/C9H15N5O2S/c10-7-14-13-6(17-7)3-9(1-2-11-4-9)5-12-8(15)16/h11-12H,1-5H2,(H2,10,14)(H,15,16). The summed E-state index contributed by atoms with van der Waals surface area (Å²) in [7, 11) is 0. The average molecular weight is 257 g/mol. The maximum atomic E-state index is 10.6. The van der Waals surface area contributed by atoms with Crippen LogP contribution < -0.4 is 16.4 Å². The number of hydrogen-bond donors (Lipinski definition) is 4. The number of nitrogen functional groups attached to an aromatic ring is 1. The first kappa shape index (κ1) is 12.1. The zero-order valence-electron chi connectivity index (χ0n) is 9.27. The highest BCUT2D eigenvalue weighted by atomic mass is 32.1. The molecule has 0 radical (unpaired) electrons. The summed E-state index contributed by atoms with van der Waals surface area (Å²) in [5.41, 5.74) is 5.43. The first-order valence-corrected chi connectivity index (χ1v) is 6.17. The molecule has 1 aromatic rings. The van der Waals surface area contributed by atoms with Crippen LogP contribution in [0.25, 0.3) is 0 Å². The summed E-state index contributed by atoms with van der Waals surface area (Å²) >= 11 is 1.36. The van der Waals surface area contributed by atoms with Gasteiger partial charge >= 0.3 is 6.09 Å². The van der Waals surface area contributed by atoms with Gasteiger partial charge in [0, 0.05) is 24.9 Å². The van der Waals surface area contributed by atoms with E-state index in [1.54, 1.807) is 0 Å². The average Bonchev–Trinajstić information content (AvgIpc) is 2.87. The molecule has 1 aliphatic rings. The number of nitrogens with zero attached hydrogens (tertiary/aromatic N) is 2. The van der Waals surface area contributed by atoms with Gasteiger partial charge in [-0.2, -0.15) is 0 Å². The molecule has 1 aromatic heterocycles. The molecule has 7 nitrogen and oxygen atoms in total. The summed E-state index contributed by atoms with van der Waals surface area (Å²) < 4.78 is 0. The lowest BCUT2D eigenvalue weighted by atomic mass is 9.84. The van der Waals surface area contributed by atoms with Gasteiger partial charge < -0.3 is 21.5 Å². The second kappa shape index (κ2) is 4.84. The summed E-state index contributed by atoms with van der Waals surface area (Å²) in [6, 6.07) is 0. The van der Waals surface area contributed by atoms with Crippen LogP contribution in [-0.4, -0.2) is 41.0 Å². The monoisotopic (exact) mass is 257 g/mol. The van der Waals surface area contributed by atoms with Crippen molar-refractivity contribution in [1.82, 2.24) is 20.8 Å². The lowest BCUT2D eigenvalue weighted by molar-refractivity contribution is 0.185. The molecule has 17 heavy (non-hydrogen) atoms. The van der Waals surface area contributed by atoms with Crippen LogP contribution in [0.15, 0.2) is 0 Å². The third-order valence-corrected chi connectivity index (χ3v) is 3.71. The summed E-state index contributed by atoms with van der Waals surface area (Å²) in [6.07, 6.45) is 0.634. The Morgan fingerprint density at radius 2 is 2.47 bits per heavy atom.